The third kappa shape index (κ3) is 18.1. The Hall–Kier alpha value is -2.45. The summed E-state index contributed by atoms with van der Waals surface area (Å²) in [5, 5.41) is 85.0. The minimum Gasteiger partial charge on any atom is -0.479 e. The molecular formula is C53H90BrN7O13. The maximum Gasteiger partial charge on any atom is 0.332 e. The first-order valence-electron chi connectivity index (χ1n) is 27.7. The summed E-state index contributed by atoms with van der Waals surface area (Å²) in [5.41, 5.74) is 2.33. The molecule has 3 saturated carbocycles. The molecule has 12 N–H and O–H groups in total. The van der Waals surface area contributed by atoms with Crippen LogP contribution in [0.2, 0.25) is 0 Å². The van der Waals surface area contributed by atoms with Crippen LogP contribution in [0, 0.1) is 23.7 Å². The second-order valence-corrected chi connectivity index (χ2v) is 22.4. The first kappa shape index (κ1) is 60.8. The number of carboxylic acid groups (broad SMARTS) is 1. The van der Waals surface area contributed by atoms with Crippen LogP contribution in [-0.4, -0.2) is 199 Å². The van der Waals surface area contributed by atoms with Gasteiger partial charge in [0.05, 0.1) is 36.6 Å². The van der Waals surface area contributed by atoms with E-state index in [-0.39, 0.29) is 37.0 Å². The fraction of sp³-hybridized carbons (Fsp3) is 0.830. The number of aliphatic hydroxyl groups excluding tert-OH is 5. The number of nitrogens with zero attached hydrogens (tertiary/aromatic N) is 1. The van der Waals surface area contributed by atoms with Crippen LogP contribution in [0.25, 0.3) is 0 Å². The van der Waals surface area contributed by atoms with Crippen LogP contribution in [0.15, 0.2) is 22.7 Å². The maximum absolute atomic E-state index is 14.2. The van der Waals surface area contributed by atoms with Gasteiger partial charge in [0.15, 0.2) is 12.4 Å². The van der Waals surface area contributed by atoms with E-state index in [0.717, 1.165) is 114 Å². The number of rotatable bonds is 20. The lowest BCUT2D eigenvalue weighted by atomic mass is 9.75. The van der Waals surface area contributed by atoms with Crippen molar-refractivity contribution in [1.29, 1.82) is 0 Å². The molecule has 20 nitrogen and oxygen atoms in total. The van der Waals surface area contributed by atoms with E-state index in [2.05, 4.69) is 70.9 Å². The van der Waals surface area contributed by atoms with Gasteiger partial charge in [0.25, 0.3) is 0 Å². The minimum absolute atomic E-state index is 0.0433. The fourth-order valence-electron chi connectivity index (χ4n) is 11.6. The summed E-state index contributed by atoms with van der Waals surface area (Å²) >= 11 is 3.84. The molecule has 6 rings (SSSR count). The fourth-order valence-corrected chi connectivity index (χ4v) is 12.2. The van der Waals surface area contributed by atoms with Crippen LogP contribution in [0.1, 0.15) is 109 Å². The Balaban J connectivity index is 1.12. The molecule has 74 heavy (non-hydrogen) atoms. The zero-order valence-corrected chi connectivity index (χ0v) is 45.6. The van der Waals surface area contributed by atoms with Crippen molar-refractivity contribution in [2.45, 2.75) is 184 Å². The number of halogens is 1. The van der Waals surface area contributed by atoms with Crippen molar-refractivity contribution >= 4 is 33.7 Å². The third-order valence-corrected chi connectivity index (χ3v) is 16.7. The topological polar surface area (TPSA) is 285 Å². The number of hydrogen-bond acceptors (Lipinski definition) is 17. The Morgan fingerprint density at radius 1 is 0.824 bits per heavy atom. The van der Waals surface area contributed by atoms with Crippen molar-refractivity contribution < 1.29 is 64.0 Å². The Bertz CT molecular complexity index is 1840. The number of hydrogen-bond donors (Lipinski definition) is 12. The highest BCUT2D eigenvalue weighted by molar-refractivity contribution is 9.10. The number of nitrogens with one attached hydrogen (secondary N) is 6. The number of aliphatic carboxylic acids is 1. The highest BCUT2D eigenvalue weighted by atomic mass is 79.9. The lowest BCUT2D eigenvalue weighted by molar-refractivity contribution is -0.322. The van der Waals surface area contributed by atoms with Crippen LogP contribution in [0.4, 0.5) is 0 Å². The van der Waals surface area contributed by atoms with Gasteiger partial charge in [-0.3, -0.25) is 14.5 Å². The molecule has 0 aromatic heterocycles. The van der Waals surface area contributed by atoms with E-state index < -0.39 is 104 Å². The van der Waals surface area contributed by atoms with Gasteiger partial charge >= 0.3 is 5.97 Å². The van der Waals surface area contributed by atoms with E-state index >= 15 is 0 Å². The van der Waals surface area contributed by atoms with Crippen molar-refractivity contribution in [3.8, 4) is 0 Å². The summed E-state index contributed by atoms with van der Waals surface area (Å²) in [6, 6.07) is 5.39. The number of aliphatic hydroxyl groups is 5. The molecule has 0 bridgehead atoms. The van der Waals surface area contributed by atoms with E-state index in [1.54, 1.807) is 6.92 Å². The predicted octanol–water partition coefficient (Wildman–Crippen LogP) is 1.11. The molecule has 422 valence electrons. The summed E-state index contributed by atoms with van der Waals surface area (Å²) < 4.78 is 26.8. The quantitative estimate of drug-likeness (QED) is 0.0815. The standard InChI is InChI=1S/C53H90BrN7O13/c1-4-36-26-38(51(68)59-20-19-58-29-35-12-13-37(40(54)24-35)30-61-22-9-16-56-18-17-55-14-8-15-57-21-23-61)27-42(49(36)74-53-48(67)47(66)45(64)32(2)71-53)72-41-28-39(31-62)46(65)50(44(41)60-33(3)63)73-43(52(69)70)25-34-10-6-5-7-11-34/h12-13,24,32,34,36,38-39,41-50,53,55-58,62,64-67H,4-11,14-23,25-31H2,1-3H3,(H,59,68)(H,60,63)(H,69,70)/t32?,36?,38?,39?,41?,42?,43-,44?,45?,46?,47?,48?,49?,50?,53?/m0/s1. The number of carboxylic acids is 1. The monoisotopic (exact) mass is 1110 g/mol. The van der Waals surface area contributed by atoms with Gasteiger partial charge in [0.2, 0.25) is 11.8 Å². The van der Waals surface area contributed by atoms with E-state index in [4.69, 9.17) is 18.9 Å². The highest BCUT2D eigenvalue weighted by Gasteiger charge is 2.52. The average molecular weight is 1110 g/mol. The van der Waals surface area contributed by atoms with Crippen LogP contribution in [0.3, 0.4) is 0 Å². The van der Waals surface area contributed by atoms with Crippen LogP contribution in [0.5, 0.6) is 0 Å². The summed E-state index contributed by atoms with van der Waals surface area (Å²) in [6.07, 6.45) is -5.13. The van der Waals surface area contributed by atoms with Crippen molar-refractivity contribution in [1.82, 2.24) is 36.8 Å². The molecule has 5 aliphatic rings. The number of ether oxygens (including phenoxy) is 4. The molecule has 2 heterocycles. The van der Waals surface area contributed by atoms with Gasteiger partial charge in [-0.2, -0.15) is 0 Å². The third-order valence-electron chi connectivity index (χ3n) is 15.9. The molecule has 1 aromatic carbocycles. The number of amides is 2. The maximum atomic E-state index is 14.2. The largest absolute Gasteiger partial charge is 0.479 e. The van der Waals surface area contributed by atoms with E-state index in [1.807, 2.05) is 6.92 Å². The Morgan fingerprint density at radius 2 is 1.55 bits per heavy atom. The Kier molecular flexibility index (Phi) is 25.6. The van der Waals surface area contributed by atoms with Gasteiger partial charge in [0.1, 0.15) is 24.4 Å². The van der Waals surface area contributed by atoms with Crippen LogP contribution in [-0.2, 0) is 46.4 Å². The highest BCUT2D eigenvalue weighted by Crippen LogP contribution is 2.41. The normalized spacial score (nSPS) is 34.0. The molecule has 2 amide bonds. The lowest BCUT2D eigenvalue weighted by Gasteiger charge is -2.49. The summed E-state index contributed by atoms with van der Waals surface area (Å²) in [7, 11) is 0. The van der Waals surface area contributed by atoms with Gasteiger partial charge in [-0.15, -0.1) is 0 Å². The first-order chi connectivity index (χ1) is 35.7. The van der Waals surface area contributed by atoms with Crippen molar-refractivity contribution in [2.75, 3.05) is 72.1 Å². The Labute approximate surface area is 446 Å². The average Bonchev–Trinajstić information content (AvgIpc) is 3.38. The number of carbonyl (C=O) groups is 3. The van der Waals surface area contributed by atoms with Gasteiger partial charge in [-0.1, -0.05) is 73.5 Å². The minimum atomic E-state index is -1.61. The predicted molar refractivity (Wildman–Crippen MR) is 281 cm³/mol. The van der Waals surface area contributed by atoms with Crippen LogP contribution >= 0.6 is 15.9 Å². The molecule has 5 fully saturated rings. The molecule has 1 aromatic rings. The molecule has 15 atom stereocenters. The summed E-state index contributed by atoms with van der Waals surface area (Å²) in [5.74, 6) is -3.46. The molecule has 0 spiro atoms. The van der Waals surface area contributed by atoms with E-state index in [1.165, 1.54) is 12.5 Å². The molecule has 2 saturated heterocycles. The summed E-state index contributed by atoms with van der Waals surface area (Å²) in [6.45, 7) is 14.5. The van der Waals surface area contributed by atoms with Crippen molar-refractivity contribution in [3.63, 3.8) is 0 Å². The summed E-state index contributed by atoms with van der Waals surface area (Å²) in [4.78, 5) is 42.3. The molecular weight excluding hydrogens is 1020 g/mol. The second-order valence-electron chi connectivity index (χ2n) is 21.5. The smallest absolute Gasteiger partial charge is 0.332 e. The van der Waals surface area contributed by atoms with Gasteiger partial charge < -0.3 is 81.5 Å². The van der Waals surface area contributed by atoms with Crippen molar-refractivity contribution in [2.24, 2.45) is 23.7 Å². The second kappa shape index (κ2) is 31.2. The molecule has 2 aliphatic heterocycles. The molecule has 0 radical (unpaired) electrons. The first-order valence-corrected chi connectivity index (χ1v) is 28.5. The van der Waals surface area contributed by atoms with Gasteiger partial charge in [0, 0.05) is 82.2 Å². The molecule has 21 heteroatoms. The lowest BCUT2D eigenvalue weighted by Crippen LogP contribution is -2.65. The van der Waals surface area contributed by atoms with Gasteiger partial charge in [-0.05, 0) is 101 Å². The zero-order chi connectivity index (χ0) is 53.1. The van der Waals surface area contributed by atoms with Gasteiger partial charge in [-0.25, -0.2) is 4.79 Å². The Morgan fingerprint density at radius 3 is 2.24 bits per heavy atom. The number of carbonyl (C=O) groups excluding carboxylic acids is 2. The SMILES string of the molecule is CCC1CC(C(=O)NCCNCc2ccc(CN3CCCNCCNCCCNCC3)c(Br)c2)CC(OC2CC(CO)C(O)C(O[C@@H](CC3CCCCC3)C(=O)O)C2NC(C)=O)C1OC1OC(C)C(O)C(O)C1O. The van der Waals surface area contributed by atoms with Crippen LogP contribution < -0.4 is 31.9 Å². The van der Waals surface area contributed by atoms with Crippen molar-refractivity contribution in [3.05, 3.63) is 33.8 Å². The molecule has 14 unspecified atom stereocenters. The van der Waals surface area contributed by atoms with E-state index in [9.17, 15) is 45.0 Å². The van der Waals surface area contributed by atoms with E-state index in [0.29, 0.717) is 32.5 Å². The zero-order valence-electron chi connectivity index (χ0n) is 44.0. The molecule has 3 aliphatic carbocycles. The number of benzene rings is 1.